The molecule has 4 nitrogen and oxygen atoms in total. The number of carbonyl (C=O) groups is 1. The summed E-state index contributed by atoms with van der Waals surface area (Å²) in [7, 11) is 1.58. The molecular formula is C15H15FN2O2. The molecule has 20 heavy (non-hydrogen) atoms. The molecule has 0 saturated heterocycles. The molecule has 0 unspecified atom stereocenters. The van der Waals surface area contributed by atoms with Gasteiger partial charge in [-0.05, 0) is 36.8 Å². The van der Waals surface area contributed by atoms with Gasteiger partial charge in [-0.3, -0.25) is 9.59 Å². The second kappa shape index (κ2) is 5.69. The van der Waals surface area contributed by atoms with Crippen LogP contribution in [0.4, 0.5) is 4.39 Å². The van der Waals surface area contributed by atoms with E-state index in [9.17, 15) is 14.0 Å². The molecule has 2 rings (SSSR count). The van der Waals surface area contributed by atoms with E-state index in [4.69, 9.17) is 0 Å². The van der Waals surface area contributed by atoms with Crippen LogP contribution in [0.15, 0.2) is 41.2 Å². The van der Waals surface area contributed by atoms with Gasteiger partial charge in [-0.1, -0.05) is 12.1 Å². The summed E-state index contributed by atoms with van der Waals surface area (Å²) in [5.41, 5.74) is 1.03. The molecular weight excluding hydrogens is 259 g/mol. The molecule has 0 radical (unpaired) electrons. The number of carbonyl (C=O) groups excluding carboxylic acids is 1. The molecule has 0 bridgehead atoms. The van der Waals surface area contributed by atoms with Gasteiger partial charge in [0.15, 0.2) is 0 Å². The number of aromatic nitrogens is 1. The Morgan fingerprint density at radius 2 is 2.05 bits per heavy atom. The number of amides is 1. The van der Waals surface area contributed by atoms with Crippen molar-refractivity contribution in [2.45, 2.75) is 13.5 Å². The number of benzene rings is 1. The summed E-state index contributed by atoms with van der Waals surface area (Å²) in [6.07, 6.45) is 0. The highest BCUT2D eigenvalue weighted by Crippen LogP contribution is 2.08. The molecule has 0 spiro atoms. The van der Waals surface area contributed by atoms with E-state index in [-0.39, 0.29) is 17.9 Å². The van der Waals surface area contributed by atoms with Crippen LogP contribution in [0.2, 0.25) is 0 Å². The van der Waals surface area contributed by atoms with Crippen LogP contribution in [0.25, 0.3) is 0 Å². The first-order valence-corrected chi connectivity index (χ1v) is 6.17. The van der Waals surface area contributed by atoms with Crippen molar-refractivity contribution in [2.75, 3.05) is 7.05 Å². The van der Waals surface area contributed by atoms with E-state index in [0.29, 0.717) is 11.3 Å². The lowest BCUT2D eigenvalue weighted by molar-refractivity contribution is 0.0783. The Kier molecular flexibility index (Phi) is 3.98. The van der Waals surface area contributed by atoms with Gasteiger partial charge in [-0.25, -0.2) is 4.39 Å². The van der Waals surface area contributed by atoms with Gasteiger partial charge in [0, 0.05) is 19.3 Å². The number of aryl methyl sites for hydroxylation is 1. The highest BCUT2D eigenvalue weighted by atomic mass is 19.1. The molecule has 1 N–H and O–H groups in total. The summed E-state index contributed by atoms with van der Waals surface area (Å²) >= 11 is 0. The normalized spacial score (nSPS) is 10.3. The fourth-order valence-corrected chi connectivity index (χ4v) is 1.93. The lowest BCUT2D eigenvalue weighted by Crippen LogP contribution is -2.31. The number of nitrogens with zero attached hydrogens (tertiary/aromatic N) is 1. The summed E-state index contributed by atoms with van der Waals surface area (Å²) in [5.74, 6) is -0.743. The van der Waals surface area contributed by atoms with Crippen molar-refractivity contribution in [3.63, 3.8) is 0 Å². The smallest absolute Gasteiger partial charge is 0.260 e. The molecule has 0 aliphatic heterocycles. The Morgan fingerprint density at radius 3 is 2.70 bits per heavy atom. The number of rotatable bonds is 3. The summed E-state index contributed by atoms with van der Waals surface area (Å²) < 4.78 is 13.1. The molecule has 1 aromatic carbocycles. The fraction of sp³-hybridized carbons (Fsp3) is 0.200. The predicted octanol–water partition coefficient (Wildman–Crippen LogP) is 2.09. The van der Waals surface area contributed by atoms with Crippen LogP contribution >= 0.6 is 0 Å². The van der Waals surface area contributed by atoms with Crippen LogP contribution in [0.1, 0.15) is 21.6 Å². The minimum Gasteiger partial charge on any atom is -0.337 e. The van der Waals surface area contributed by atoms with E-state index in [0.717, 1.165) is 0 Å². The third kappa shape index (κ3) is 3.12. The Hall–Kier alpha value is -2.43. The number of hydrogen-bond donors (Lipinski definition) is 1. The quantitative estimate of drug-likeness (QED) is 0.931. The van der Waals surface area contributed by atoms with Gasteiger partial charge in [0.1, 0.15) is 11.4 Å². The third-order valence-corrected chi connectivity index (χ3v) is 2.94. The average Bonchev–Trinajstić information content (AvgIpc) is 2.38. The van der Waals surface area contributed by atoms with E-state index in [1.165, 1.54) is 23.1 Å². The Balaban J connectivity index is 2.18. The molecule has 1 amide bonds. The van der Waals surface area contributed by atoms with Gasteiger partial charge in [0.2, 0.25) is 0 Å². The van der Waals surface area contributed by atoms with E-state index in [1.807, 2.05) is 0 Å². The lowest BCUT2D eigenvalue weighted by Gasteiger charge is -2.17. The van der Waals surface area contributed by atoms with Gasteiger partial charge in [0.05, 0.1) is 0 Å². The van der Waals surface area contributed by atoms with Gasteiger partial charge in [-0.15, -0.1) is 0 Å². The minimum absolute atomic E-state index is 0.0782. The van der Waals surface area contributed by atoms with Gasteiger partial charge >= 0.3 is 0 Å². The Morgan fingerprint density at radius 1 is 1.30 bits per heavy atom. The molecule has 104 valence electrons. The first kappa shape index (κ1) is 14.0. The minimum atomic E-state index is -0.416. The van der Waals surface area contributed by atoms with Crippen molar-refractivity contribution in [2.24, 2.45) is 0 Å². The maximum absolute atomic E-state index is 13.1. The highest BCUT2D eigenvalue weighted by molar-refractivity contribution is 5.93. The van der Waals surface area contributed by atoms with Crippen LogP contribution in [-0.2, 0) is 6.54 Å². The van der Waals surface area contributed by atoms with Gasteiger partial charge < -0.3 is 9.88 Å². The largest absolute Gasteiger partial charge is 0.337 e. The maximum Gasteiger partial charge on any atom is 0.260 e. The molecule has 2 aromatic rings. The summed E-state index contributed by atoms with van der Waals surface area (Å²) in [6.45, 7) is 1.98. The second-order valence-corrected chi connectivity index (χ2v) is 4.68. The van der Waals surface area contributed by atoms with Crippen molar-refractivity contribution in [1.82, 2.24) is 9.88 Å². The average molecular weight is 274 g/mol. The number of pyridine rings is 1. The number of halogens is 1. The molecule has 1 heterocycles. The van der Waals surface area contributed by atoms with Crippen LogP contribution in [0.5, 0.6) is 0 Å². The first-order valence-electron chi connectivity index (χ1n) is 6.17. The molecule has 0 saturated carbocycles. The SMILES string of the molecule is Cc1ccc(C(=O)N(C)Cc2cccc(F)c2)c(=O)[nH]1. The zero-order chi connectivity index (χ0) is 14.7. The molecule has 0 fully saturated rings. The van der Waals surface area contributed by atoms with E-state index < -0.39 is 11.5 Å². The summed E-state index contributed by atoms with van der Waals surface area (Å²) in [4.78, 5) is 27.9. The Bertz CT molecular complexity index is 694. The predicted molar refractivity (Wildman–Crippen MR) is 74.0 cm³/mol. The number of H-pyrrole nitrogens is 1. The summed E-state index contributed by atoms with van der Waals surface area (Å²) in [5, 5.41) is 0. The van der Waals surface area contributed by atoms with Crippen LogP contribution < -0.4 is 5.56 Å². The van der Waals surface area contributed by atoms with Crippen molar-refractivity contribution < 1.29 is 9.18 Å². The zero-order valence-corrected chi connectivity index (χ0v) is 11.3. The van der Waals surface area contributed by atoms with Crippen molar-refractivity contribution in [1.29, 1.82) is 0 Å². The van der Waals surface area contributed by atoms with Gasteiger partial charge in [0.25, 0.3) is 11.5 Å². The van der Waals surface area contributed by atoms with E-state index in [2.05, 4.69) is 4.98 Å². The zero-order valence-electron chi connectivity index (χ0n) is 11.3. The van der Waals surface area contributed by atoms with Crippen LogP contribution in [0, 0.1) is 12.7 Å². The second-order valence-electron chi connectivity index (χ2n) is 4.68. The number of aromatic amines is 1. The monoisotopic (exact) mass is 274 g/mol. The standard InChI is InChI=1S/C15H15FN2O2/c1-10-6-7-13(14(19)17-10)15(20)18(2)9-11-4-3-5-12(16)8-11/h3-8H,9H2,1-2H3,(H,17,19). The molecule has 0 aliphatic rings. The van der Waals surface area contributed by atoms with Gasteiger partial charge in [-0.2, -0.15) is 0 Å². The molecule has 5 heteroatoms. The lowest BCUT2D eigenvalue weighted by atomic mass is 10.2. The molecule has 0 atom stereocenters. The van der Waals surface area contributed by atoms with Crippen LogP contribution in [0.3, 0.4) is 0 Å². The molecule has 0 aliphatic carbocycles. The van der Waals surface area contributed by atoms with Crippen molar-refractivity contribution in [3.05, 3.63) is 69.4 Å². The van der Waals surface area contributed by atoms with E-state index >= 15 is 0 Å². The third-order valence-electron chi connectivity index (χ3n) is 2.94. The van der Waals surface area contributed by atoms with Crippen molar-refractivity contribution in [3.8, 4) is 0 Å². The molecule has 1 aromatic heterocycles. The highest BCUT2D eigenvalue weighted by Gasteiger charge is 2.15. The summed E-state index contributed by atoms with van der Waals surface area (Å²) in [6, 6.07) is 9.19. The fourth-order valence-electron chi connectivity index (χ4n) is 1.93. The van der Waals surface area contributed by atoms with Crippen LogP contribution in [-0.4, -0.2) is 22.8 Å². The Labute approximate surface area is 115 Å². The first-order chi connectivity index (χ1) is 9.47. The van der Waals surface area contributed by atoms with E-state index in [1.54, 1.807) is 32.2 Å². The topological polar surface area (TPSA) is 53.2 Å². The van der Waals surface area contributed by atoms with Crippen molar-refractivity contribution >= 4 is 5.91 Å². The maximum atomic E-state index is 13.1. The number of nitrogens with one attached hydrogen (secondary N) is 1. The number of hydrogen-bond acceptors (Lipinski definition) is 2.